The highest BCUT2D eigenvalue weighted by Crippen LogP contribution is 2.28. The Morgan fingerprint density at radius 3 is 2.75 bits per heavy atom. The normalized spacial score (nSPS) is 10.0. The summed E-state index contributed by atoms with van der Waals surface area (Å²) in [6.45, 7) is 4.85. The summed E-state index contributed by atoms with van der Waals surface area (Å²) in [6.07, 6.45) is 1.00. The Kier molecular flexibility index (Phi) is 4.80. The van der Waals surface area contributed by atoms with Gasteiger partial charge < -0.3 is 10.1 Å². The Bertz CT molecular complexity index is 391. The summed E-state index contributed by atoms with van der Waals surface area (Å²) in [6, 6.07) is 3.80. The second-order valence-electron chi connectivity index (χ2n) is 3.59. The van der Waals surface area contributed by atoms with Crippen molar-refractivity contribution >= 4 is 27.6 Å². The largest absolute Gasteiger partial charge is 0.465 e. The lowest BCUT2D eigenvalue weighted by Crippen LogP contribution is -2.10. The molecule has 1 N–H and O–H groups in total. The van der Waals surface area contributed by atoms with Crippen molar-refractivity contribution < 1.29 is 9.53 Å². The van der Waals surface area contributed by atoms with E-state index >= 15 is 0 Å². The number of methoxy groups -OCH3 is 1. The van der Waals surface area contributed by atoms with Gasteiger partial charge in [-0.25, -0.2) is 4.79 Å². The van der Waals surface area contributed by atoms with Gasteiger partial charge in [-0.1, -0.05) is 6.92 Å². The van der Waals surface area contributed by atoms with E-state index in [0.29, 0.717) is 5.56 Å². The molecule has 0 aliphatic rings. The van der Waals surface area contributed by atoms with Crippen molar-refractivity contribution in [2.24, 2.45) is 0 Å². The molecule has 0 amide bonds. The van der Waals surface area contributed by atoms with Gasteiger partial charge in [0.25, 0.3) is 0 Å². The maximum absolute atomic E-state index is 11.6. The van der Waals surface area contributed by atoms with Crippen LogP contribution < -0.4 is 5.32 Å². The second kappa shape index (κ2) is 5.89. The molecule has 3 nitrogen and oxygen atoms in total. The molecule has 0 atom stereocenters. The van der Waals surface area contributed by atoms with Gasteiger partial charge in [-0.2, -0.15) is 0 Å². The van der Waals surface area contributed by atoms with E-state index in [0.717, 1.165) is 28.7 Å². The van der Waals surface area contributed by atoms with Gasteiger partial charge in [-0.15, -0.1) is 0 Å². The molecule has 1 rings (SSSR count). The lowest BCUT2D eigenvalue weighted by atomic mass is 10.1. The van der Waals surface area contributed by atoms with Gasteiger partial charge in [0.2, 0.25) is 0 Å². The standard InChI is InChI=1S/C12H16BrNO2/c1-4-5-14-11-9(12(15)16-3)6-8(2)7-10(11)13/h6-7,14H,4-5H2,1-3H3. The van der Waals surface area contributed by atoms with Gasteiger partial charge in [0.1, 0.15) is 0 Å². The highest BCUT2D eigenvalue weighted by Gasteiger charge is 2.14. The van der Waals surface area contributed by atoms with Crippen molar-refractivity contribution in [3.8, 4) is 0 Å². The van der Waals surface area contributed by atoms with Gasteiger partial charge in [-0.05, 0) is 47.0 Å². The van der Waals surface area contributed by atoms with Crippen molar-refractivity contribution in [1.82, 2.24) is 0 Å². The molecule has 0 saturated heterocycles. The number of esters is 1. The van der Waals surface area contributed by atoms with Gasteiger partial charge in [-0.3, -0.25) is 0 Å². The fourth-order valence-electron chi connectivity index (χ4n) is 1.44. The van der Waals surface area contributed by atoms with Crippen LogP contribution in [-0.4, -0.2) is 19.6 Å². The average molecular weight is 286 g/mol. The average Bonchev–Trinajstić information content (AvgIpc) is 2.26. The number of carbonyl (C=O) groups is 1. The van der Waals surface area contributed by atoms with E-state index in [1.807, 2.05) is 19.1 Å². The number of hydrogen-bond donors (Lipinski definition) is 1. The first kappa shape index (κ1) is 13.0. The van der Waals surface area contributed by atoms with Crippen molar-refractivity contribution in [3.05, 3.63) is 27.7 Å². The Morgan fingerprint density at radius 2 is 2.19 bits per heavy atom. The monoisotopic (exact) mass is 285 g/mol. The summed E-state index contributed by atoms with van der Waals surface area (Å²) in [5.74, 6) is -0.317. The van der Waals surface area contributed by atoms with Crippen LogP contribution in [0.1, 0.15) is 29.3 Å². The first-order valence-corrected chi connectivity index (χ1v) is 6.01. The molecule has 16 heavy (non-hydrogen) atoms. The molecule has 0 saturated carbocycles. The molecule has 88 valence electrons. The van der Waals surface area contributed by atoms with Crippen LogP contribution in [-0.2, 0) is 4.74 Å². The zero-order valence-electron chi connectivity index (χ0n) is 9.76. The summed E-state index contributed by atoms with van der Waals surface area (Å²) in [7, 11) is 1.39. The number of carbonyl (C=O) groups excluding carboxylic acids is 1. The third kappa shape index (κ3) is 2.98. The molecule has 0 aliphatic carbocycles. The van der Waals surface area contributed by atoms with E-state index in [1.54, 1.807) is 0 Å². The van der Waals surface area contributed by atoms with E-state index in [1.165, 1.54) is 7.11 Å². The highest BCUT2D eigenvalue weighted by atomic mass is 79.9. The molecule has 0 fully saturated rings. The van der Waals surface area contributed by atoms with Gasteiger partial charge in [0, 0.05) is 11.0 Å². The van der Waals surface area contributed by atoms with Crippen molar-refractivity contribution in [2.75, 3.05) is 19.0 Å². The summed E-state index contributed by atoms with van der Waals surface area (Å²) < 4.78 is 5.66. The van der Waals surface area contributed by atoms with Gasteiger partial charge >= 0.3 is 5.97 Å². The Balaban J connectivity index is 3.15. The summed E-state index contributed by atoms with van der Waals surface area (Å²) in [5, 5.41) is 3.23. The number of hydrogen-bond acceptors (Lipinski definition) is 3. The third-order valence-corrected chi connectivity index (χ3v) is 2.82. The van der Waals surface area contributed by atoms with Crippen molar-refractivity contribution in [3.63, 3.8) is 0 Å². The van der Waals surface area contributed by atoms with Gasteiger partial charge in [0.05, 0.1) is 18.4 Å². The van der Waals surface area contributed by atoms with Crippen LogP contribution in [0.3, 0.4) is 0 Å². The van der Waals surface area contributed by atoms with E-state index in [9.17, 15) is 4.79 Å². The zero-order chi connectivity index (χ0) is 12.1. The SMILES string of the molecule is CCCNc1c(Br)cc(C)cc1C(=O)OC. The second-order valence-corrected chi connectivity index (χ2v) is 4.44. The lowest BCUT2D eigenvalue weighted by Gasteiger charge is -2.13. The predicted octanol–water partition coefficient (Wildman–Crippen LogP) is 3.37. The molecular formula is C12H16BrNO2. The number of ether oxygens (including phenoxy) is 1. The Labute approximate surface area is 104 Å². The van der Waals surface area contributed by atoms with Crippen LogP contribution in [0.15, 0.2) is 16.6 Å². The molecule has 0 unspecified atom stereocenters. The minimum atomic E-state index is -0.317. The maximum Gasteiger partial charge on any atom is 0.340 e. The zero-order valence-corrected chi connectivity index (χ0v) is 11.3. The lowest BCUT2D eigenvalue weighted by molar-refractivity contribution is 0.0601. The molecule has 4 heteroatoms. The highest BCUT2D eigenvalue weighted by molar-refractivity contribution is 9.10. The van der Waals surface area contributed by atoms with Crippen LogP contribution in [0.4, 0.5) is 5.69 Å². The number of anilines is 1. The number of halogens is 1. The quantitative estimate of drug-likeness (QED) is 0.862. The Hall–Kier alpha value is -1.03. The predicted molar refractivity (Wildman–Crippen MR) is 69.0 cm³/mol. The molecule has 0 aliphatic heterocycles. The fraction of sp³-hybridized carbons (Fsp3) is 0.417. The van der Waals surface area contributed by atoms with Crippen LogP contribution in [0.2, 0.25) is 0 Å². The molecule has 0 radical (unpaired) electrons. The van der Waals surface area contributed by atoms with Crippen molar-refractivity contribution in [1.29, 1.82) is 0 Å². The van der Waals surface area contributed by atoms with Crippen molar-refractivity contribution in [2.45, 2.75) is 20.3 Å². The number of aryl methyl sites for hydroxylation is 1. The van der Waals surface area contributed by atoms with E-state index in [-0.39, 0.29) is 5.97 Å². The van der Waals surface area contributed by atoms with E-state index in [2.05, 4.69) is 28.2 Å². The smallest absolute Gasteiger partial charge is 0.340 e. The topological polar surface area (TPSA) is 38.3 Å². The number of rotatable bonds is 4. The van der Waals surface area contributed by atoms with E-state index < -0.39 is 0 Å². The molecule has 0 heterocycles. The number of nitrogens with one attached hydrogen (secondary N) is 1. The molecule has 1 aromatic carbocycles. The fourth-order valence-corrected chi connectivity index (χ4v) is 2.16. The molecule has 0 bridgehead atoms. The Morgan fingerprint density at radius 1 is 1.50 bits per heavy atom. The third-order valence-electron chi connectivity index (χ3n) is 2.19. The first-order chi connectivity index (χ1) is 7.60. The van der Waals surface area contributed by atoms with Crippen LogP contribution in [0.25, 0.3) is 0 Å². The van der Waals surface area contributed by atoms with Crippen LogP contribution in [0.5, 0.6) is 0 Å². The molecule has 0 aromatic heterocycles. The molecule has 0 spiro atoms. The minimum Gasteiger partial charge on any atom is -0.465 e. The van der Waals surface area contributed by atoms with Crippen LogP contribution >= 0.6 is 15.9 Å². The van der Waals surface area contributed by atoms with E-state index in [4.69, 9.17) is 4.74 Å². The minimum absolute atomic E-state index is 0.317. The summed E-state index contributed by atoms with van der Waals surface area (Å²) in [4.78, 5) is 11.6. The van der Waals surface area contributed by atoms with Crippen LogP contribution in [0, 0.1) is 6.92 Å². The molecule has 1 aromatic rings. The first-order valence-electron chi connectivity index (χ1n) is 5.22. The van der Waals surface area contributed by atoms with Gasteiger partial charge in [0.15, 0.2) is 0 Å². The number of benzene rings is 1. The summed E-state index contributed by atoms with van der Waals surface area (Å²) >= 11 is 3.46. The molecular weight excluding hydrogens is 270 g/mol. The summed E-state index contributed by atoms with van der Waals surface area (Å²) in [5.41, 5.74) is 2.40. The maximum atomic E-state index is 11.6.